The number of halogens is 2. The van der Waals surface area contributed by atoms with E-state index >= 15 is 0 Å². The molecule has 1 aliphatic heterocycles. The summed E-state index contributed by atoms with van der Waals surface area (Å²) in [5.74, 6) is -0.821. The average Bonchev–Trinajstić information content (AvgIpc) is 2.45. The normalized spacial score (nSPS) is 19.9. The van der Waals surface area contributed by atoms with Gasteiger partial charge in [0.05, 0.1) is 5.69 Å². The van der Waals surface area contributed by atoms with E-state index in [9.17, 15) is 8.78 Å². The summed E-state index contributed by atoms with van der Waals surface area (Å²) in [6.07, 6.45) is 0. The van der Waals surface area contributed by atoms with Gasteiger partial charge in [-0.05, 0) is 17.0 Å². The van der Waals surface area contributed by atoms with Crippen molar-refractivity contribution in [3.8, 4) is 0 Å². The lowest BCUT2D eigenvalue weighted by atomic mass is 9.78. The van der Waals surface area contributed by atoms with Crippen molar-refractivity contribution in [2.75, 3.05) is 11.9 Å². The van der Waals surface area contributed by atoms with Crippen molar-refractivity contribution < 1.29 is 8.78 Å². The molecule has 1 atom stereocenters. The molecule has 0 bridgehead atoms. The van der Waals surface area contributed by atoms with Gasteiger partial charge in [-0.3, -0.25) is 0 Å². The van der Waals surface area contributed by atoms with Crippen LogP contribution in [-0.4, -0.2) is 6.54 Å². The zero-order chi connectivity index (χ0) is 11.2. The van der Waals surface area contributed by atoms with Crippen LogP contribution in [-0.2, 0) is 0 Å². The van der Waals surface area contributed by atoms with Crippen molar-refractivity contribution in [2.45, 2.75) is 26.7 Å². The molecule has 1 N–H and O–H groups in total. The highest BCUT2D eigenvalue weighted by Gasteiger charge is 2.34. The molecule has 0 saturated heterocycles. The molecule has 1 unspecified atom stereocenters. The Morgan fingerprint density at radius 1 is 1.27 bits per heavy atom. The predicted molar refractivity (Wildman–Crippen MR) is 57.0 cm³/mol. The first kappa shape index (κ1) is 10.4. The molecule has 2 rings (SSSR count). The van der Waals surface area contributed by atoms with Gasteiger partial charge < -0.3 is 5.32 Å². The SMILES string of the molecule is CC(C)(C)C1CNc2c(F)cc(F)cc21. The Morgan fingerprint density at radius 2 is 1.93 bits per heavy atom. The standard InChI is InChI=1S/C12H15F2N/c1-12(2,3)9-6-15-11-8(9)4-7(13)5-10(11)14/h4-5,9,15H,6H2,1-3H3. The largest absolute Gasteiger partial charge is 0.382 e. The minimum Gasteiger partial charge on any atom is -0.382 e. The quantitative estimate of drug-likeness (QED) is 0.692. The number of benzene rings is 1. The van der Waals surface area contributed by atoms with Crippen LogP contribution in [0, 0.1) is 17.0 Å². The van der Waals surface area contributed by atoms with Crippen molar-refractivity contribution in [3.63, 3.8) is 0 Å². The van der Waals surface area contributed by atoms with Gasteiger partial charge in [-0.15, -0.1) is 0 Å². The molecule has 0 aromatic heterocycles. The third-order valence-electron chi connectivity index (χ3n) is 2.99. The van der Waals surface area contributed by atoms with Gasteiger partial charge in [0, 0.05) is 18.5 Å². The first-order valence-electron chi connectivity index (χ1n) is 5.12. The molecule has 15 heavy (non-hydrogen) atoms. The van der Waals surface area contributed by atoms with Crippen LogP contribution >= 0.6 is 0 Å². The Morgan fingerprint density at radius 3 is 2.53 bits per heavy atom. The fraction of sp³-hybridized carbons (Fsp3) is 0.500. The van der Waals surface area contributed by atoms with Crippen molar-refractivity contribution in [1.29, 1.82) is 0 Å². The summed E-state index contributed by atoms with van der Waals surface area (Å²) in [5, 5.41) is 3.01. The summed E-state index contributed by atoms with van der Waals surface area (Å²) in [6, 6.07) is 2.37. The van der Waals surface area contributed by atoms with E-state index in [0.717, 1.165) is 11.6 Å². The molecule has 0 radical (unpaired) electrons. The average molecular weight is 211 g/mol. The minimum absolute atomic E-state index is 0.0124. The van der Waals surface area contributed by atoms with Crippen molar-refractivity contribution in [1.82, 2.24) is 0 Å². The second-order valence-corrected chi connectivity index (χ2v) is 5.15. The van der Waals surface area contributed by atoms with Crippen LogP contribution in [0.25, 0.3) is 0 Å². The summed E-state index contributed by atoms with van der Waals surface area (Å²) in [7, 11) is 0. The highest BCUT2D eigenvalue weighted by molar-refractivity contribution is 5.59. The lowest BCUT2D eigenvalue weighted by molar-refractivity contribution is 0.338. The van der Waals surface area contributed by atoms with E-state index in [2.05, 4.69) is 26.1 Å². The lowest BCUT2D eigenvalue weighted by Gasteiger charge is -2.26. The van der Waals surface area contributed by atoms with Crippen molar-refractivity contribution in [2.24, 2.45) is 5.41 Å². The van der Waals surface area contributed by atoms with Gasteiger partial charge >= 0.3 is 0 Å². The number of rotatable bonds is 0. The molecular formula is C12H15F2N. The van der Waals surface area contributed by atoms with Gasteiger partial charge in [0.2, 0.25) is 0 Å². The van der Waals surface area contributed by atoms with Crippen LogP contribution in [0.15, 0.2) is 12.1 Å². The Kier molecular flexibility index (Phi) is 2.21. The van der Waals surface area contributed by atoms with E-state index in [0.29, 0.717) is 12.2 Å². The Balaban J connectivity index is 2.51. The molecule has 1 nitrogen and oxygen atoms in total. The molecule has 1 heterocycles. The summed E-state index contributed by atoms with van der Waals surface area (Å²) in [5.41, 5.74) is 1.25. The van der Waals surface area contributed by atoms with E-state index in [1.54, 1.807) is 0 Å². The highest BCUT2D eigenvalue weighted by atomic mass is 19.1. The summed E-state index contributed by atoms with van der Waals surface area (Å²) in [6.45, 7) is 6.92. The highest BCUT2D eigenvalue weighted by Crippen LogP contribution is 2.43. The predicted octanol–water partition coefficient (Wildman–Crippen LogP) is 3.52. The number of fused-ring (bicyclic) bond motifs is 1. The second-order valence-electron chi connectivity index (χ2n) is 5.15. The number of nitrogens with one attached hydrogen (secondary N) is 1. The molecular weight excluding hydrogens is 196 g/mol. The Bertz CT molecular complexity index is 393. The van der Waals surface area contributed by atoms with Crippen LogP contribution < -0.4 is 5.32 Å². The van der Waals surface area contributed by atoms with Crippen LogP contribution in [0.1, 0.15) is 32.3 Å². The van der Waals surface area contributed by atoms with Crippen molar-refractivity contribution in [3.05, 3.63) is 29.3 Å². The molecule has 0 saturated carbocycles. The molecule has 0 fully saturated rings. The van der Waals surface area contributed by atoms with Crippen LogP contribution in [0.4, 0.5) is 14.5 Å². The number of anilines is 1. The third-order valence-corrected chi connectivity index (χ3v) is 2.99. The molecule has 1 aromatic rings. The smallest absolute Gasteiger partial charge is 0.149 e. The van der Waals surface area contributed by atoms with E-state index in [-0.39, 0.29) is 11.3 Å². The maximum atomic E-state index is 13.4. The number of hydrogen-bond acceptors (Lipinski definition) is 1. The second kappa shape index (κ2) is 3.19. The third kappa shape index (κ3) is 1.71. The van der Waals surface area contributed by atoms with Crippen LogP contribution in [0.3, 0.4) is 0 Å². The Hall–Kier alpha value is -1.12. The molecule has 0 aliphatic carbocycles. The van der Waals surface area contributed by atoms with E-state index < -0.39 is 11.6 Å². The van der Waals surface area contributed by atoms with Gasteiger partial charge in [0.25, 0.3) is 0 Å². The molecule has 0 amide bonds. The van der Waals surface area contributed by atoms with Crippen molar-refractivity contribution >= 4 is 5.69 Å². The lowest BCUT2D eigenvalue weighted by Crippen LogP contribution is -2.19. The van der Waals surface area contributed by atoms with Crippen LogP contribution in [0.2, 0.25) is 0 Å². The topological polar surface area (TPSA) is 12.0 Å². The zero-order valence-electron chi connectivity index (χ0n) is 9.20. The van der Waals surface area contributed by atoms with E-state index in [1.807, 2.05) is 0 Å². The summed E-state index contributed by atoms with van der Waals surface area (Å²) in [4.78, 5) is 0. The summed E-state index contributed by atoms with van der Waals surface area (Å²) < 4.78 is 26.5. The fourth-order valence-corrected chi connectivity index (χ4v) is 2.14. The first-order chi connectivity index (χ1) is 6.89. The van der Waals surface area contributed by atoms with Gasteiger partial charge in [-0.1, -0.05) is 20.8 Å². The molecule has 1 aromatic carbocycles. The van der Waals surface area contributed by atoms with Gasteiger partial charge in [-0.2, -0.15) is 0 Å². The Labute approximate surface area is 88.5 Å². The summed E-state index contributed by atoms with van der Waals surface area (Å²) >= 11 is 0. The monoisotopic (exact) mass is 211 g/mol. The molecule has 82 valence electrons. The van der Waals surface area contributed by atoms with Gasteiger partial charge in [0.15, 0.2) is 0 Å². The molecule has 3 heteroatoms. The van der Waals surface area contributed by atoms with E-state index in [4.69, 9.17) is 0 Å². The molecule has 0 spiro atoms. The number of hydrogen-bond donors (Lipinski definition) is 1. The van der Waals surface area contributed by atoms with Gasteiger partial charge in [0.1, 0.15) is 11.6 Å². The van der Waals surface area contributed by atoms with E-state index in [1.165, 1.54) is 6.07 Å². The maximum absolute atomic E-state index is 13.4. The van der Waals surface area contributed by atoms with Gasteiger partial charge in [-0.25, -0.2) is 8.78 Å². The fourth-order valence-electron chi connectivity index (χ4n) is 2.14. The minimum atomic E-state index is -0.496. The zero-order valence-corrected chi connectivity index (χ0v) is 9.20. The molecule has 1 aliphatic rings. The first-order valence-corrected chi connectivity index (χ1v) is 5.12. The van der Waals surface area contributed by atoms with Crippen LogP contribution in [0.5, 0.6) is 0 Å². The maximum Gasteiger partial charge on any atom is 0.149 e.